The van der Waals surface area contributed by atoms with Crippen molar-refractivity contribution in [1.29, 1.82) is 0 Å². The molecule has 1 aromatic heterocycles. The van der Waals surface area contributed by atoms with Crippen molar-refractivity contribution in [3.05, 3.63) is 61.4 Å². The second-order valence-corrected chi connectivity index (χ2v) is 8.77. The normalized spacial score (nSPS) is 21.2. The lowest BCUT2D eigenvalue weighted by Crippen LogP contribution is -2.41. The number of aromatic amines is 1. The molecule has 8 heteroatoms. The second-order valence-electron chi connectivity index (χ2n) is 8.77. The Morgan fingerprint density at radius 2 is 1.90 bits per heavy atom. The number of carbonyl (C=O) groups is 1. The summed E-state index contributed by atoms with van der Waals surface area (Å²) < 4.78 is 12.4. The molecule has 2 N–H and O–H groups in total. The van der Waals surface area contributed by atoms with Crippen molar-refractivity contribution in [3.63, 3.8) is 0 Å². The van der Waals surface area contributed by atoms with Gasteiger partial charge in [0.25, 0.3) is 5.56 Å². The molecule has 3 heterocycles. The van der Waals surface area contributed by atoms with Crippen LogP contribution in [0.25, 0.3) is 0 Å². The highest BCUT2D eigenvalue weighted by Crippen LogP contribution is 2.48. The Morgan fingerprint density at radius 1 is 1.13 bits per heavy atom. The van der Waals surface area contributed by atoms with Crippen LogP contribution in [0.3, 0.4) is 0 Å². The maximum absolute atomic E-state index is 13.3. The molecule has 2 aromatic rings. The van der Waals surface area contributed by atoms with Crippen molar-refractivity contribution in [2.45, 2.75) is 46.1 Å². The molecule has 0 spiro atoms. The van der Waals surface area contributed by atoms with Crippen LogP contribution in [-0.2, 0) is 11.3 Å². The van der Waals surface area contributed by atoms with E-state index in [9.17, 15) is 14.4 Å². The number of carbonyl (C=O) groups excluding carboxylic acids is 1. The lowest BCUT2D eigenvalue weighted by molar-refractivity contribution is -0.118. The van der Waals surface area contributed by atoms with Crippen LogP contribution in [0.2, 0.25) is 0 Å². The Bertz CT molecular complexity index is 1230. The van der Waals surface area contributed by atoms with Crippen molar-refractivity contribution >= 4 is 11.6 Å². The molecule has 30 heavy (non-hydrogen) atoms. The van der Waals surface area contributed by atoms with Gasteiger partial charge >= 0.3 is 5.69 Å². The van der Waals surface area contributed by atoms with Gasteiger partial charge in [0.2, 0.25) is 6.79 Å². The van der Waals surface area contributed by atoms with E-state index in [1.807, 2.05) is 32.9 Å². The summed E-state index contributed by atoms with van der Waals surface area (Å²) in [6.45, 7) is 6.47. The van der Waals surface area contributed by atoms with Crippen molar-refractivity contribution < 1.29 is 14.3 Å². The molecule has 2 aliphatic heterocycles. The summed E-state index contributed by atoms with van der Waals surface area (Å²) >= 11 is 0. The minimum absolute atomic E-state index is 0.00992. The first-order chi connectivity index (χ1) is 14.3. The van der Waals surface area contributed by atoms with Crippen molar-refractivity contribution in [2.75, 3.05) is 12.1 Å². The van der Waals surface area contributed by atoms with Crippen molar-refractivity contribution in [3.8, 4) is 11.5 Å². The number of fused-ring (bicyclic) bond motifs is 2. The summed E-state index contributed by atoms with van der Waals surface area (Å²) in [6.07, 6.45) is 1.05. The maximum Gasteiger partial charge on any atom is 0.329 e. The topological polar surface area (TPSA) is 102 Å². The zero-order chi connectivity index (χ0) is 21.2. The number of nitrogens with one attached hydrogen (secondary N) is 2. The lowest BCUT2D eigenvalue weighted by Gasteiger charge is -2.39. The van der Waals surface area contributed by atoms with Gasteiger partial charge in [0.05, 0.1) is 5.56 Å². The zero-order valence-electron chi connectivity index (χ0n) is 17.1. The number of hydrogen-bond acceptors (Lipinski definition) is 6. The highest BCUT2D eigenvalue weighted by atomic mass is 16.7. The fourth-order valence-corrected chi connectivity index (χ4v) is 4.79. The van der Waals surface area contributed by atoms with Crippen LogP contribution in [0.15, 0.2) is 39.1 Å². The van der Waals surface area contributed by atoms with E-state index in [-0.39, 0.29) is 18.0 Å². The van der Waals surface area contributed by atoms with E-state index < -0.39 is 17.2 Å². The van der Waals surface area contributed by atoms with Crippen LogP contribution >= 0.6 is 0 Å². The largest absolute Gasteiger partial charge is 0.454 e. The molecule has 1 atom stereocenters. The third kappa shape index (κ3) is 2.70. The van der Waals surface area contributed by atoms with Gasteiger partial charge < -0.3 is 14.8 Å². The van der Waals surface area contributed by atoms with E-state index in [2.05, 4.69) is 10.3 Å². The molecule has 1 aromatic carbocycles. The maximum atomic E-state index is 13.3. The predicted molar refractivity (Wildman–Crippen MR) is 110 cm³/mol. The molecular formula is C22H23N3O5. The third-order valence-corrected chi connectivity index (χ3v) is 6.05. The van der Waals surface area contributed by atoms with Crippen LogP contribution in [0.1, 0.15) is 50.7 Å². The first kappa shape index (κ1) is 18.7. The standard InChI is InChI=1S/C22H23N3O5/c1-4-25-19-18(20(27)24-21(25)28)16(11-5-6-14-15(7-11)30-10-29-14)17-12(23-19)8-22(2,3)9-13(17)26/h5-7,16,23H,4,8-10H2,1-3H3,(H,24,27,28)/t16-/m1/s1. The van der Waals surface area contributed by atoms with E-state index in [1.54, 1.807) is 6.07 Å². The summed E-state index contributed by atoms with van der Waals surface area (Å²) in [4.78, 5) is 41.1. The minimum Gasteiger partial charge on any atom is -0.454 e. The van der Waals surface area contributed by atoms with Gasteiger partial charge in [0.1, 0.15) is 5.82 Å². The molecule has 0 radical (unpaired) electrons. The number of allylic oxidation sites excluding steroid dienone is 2. The first-order valence-corrected chi connectivity index (χ1v) is 10.1. The highest BCUT2D eigenvalue weighted by Gasteiger charge is 2.43. The van der Waals surface area contributed by atoms with E-state index >= 15 is 0 Å². The Hall–Kier alpha value is -3.29. The van der Waals surface area contributed by atoms with Crippen LogP contribution in [0.4, 0.5) is 5.82 Å². The average molecular weight is 409 g/mol. The molecule has 0 fully saturated rings. The quantitative estimate of drug-likeness (QED) is 0.790. The second kappa shape index (κ2) is 6.35. The number of Topliss-reactive ketones (excluding diaryl/α,β-unsaturated/α-hetero) is 1. The van der Waals surface area contributed by atoms with E-state index in [4.69, 9.17) is 9.47 Å². The number of nitrogens with zero attached hydrogens (tertiary/aromatic N) is 1. The van der Waals surface area contributed by atoms with Crippen molar-refractivity contribution in [1.82, 2.24) is 9.55 Å². The monoisotopic (exact) mass is 409 g/mol. The number of ketones is 1. The van der Waals surface area contributed by atoms with Gasteiger partial charge in [-0.1, -0.05) is 19.9 Å². The Labute approximate surface area is 172 Å². The summed E-state index contributed by atoms with van der Waals surface area (Å²) in [5.74, 6) is 1.09. The fraction of sp³-hybridized carbons (Fsp3) is 0.409. The van der Waals surface area contributed by atoms with Crippen LogP contribution < -0.4 is 26.0 Å². The molecule has 5 rings (SSSR count). The minimum atomic E-state index is -0.587. The van der Waals surface area contributed by atoms with E-state index in [0.29, 0.717) is 47.8 Å². The molecule has 0 amide bonds. The summed E-state index contributed by atoms with van der Waals surface area (Å²) in [5.41, 5.74) is 1.34. The number of benzene rings is 1. The molecule has 0 saturated carbocycles. The van der Waals surface area contributed by atoms with Crippen LogP contribution in [0, 0.1) is 5.41 Å². The number of rotatable bonds is 2. The molecular weight excluding hydrogens is 386 g/mol. The Morgan fingerprint density at radius 3 is 2.67 bits per heavy atom. The molecule has 8 nitrogen and oxygen atoms in total. The molecule has 0 unspecified atom stereocenters. The van der Waals surface area contributed by atoms with Gasteiger partial charge in [-0.2, -0.15) is 0 Å². The Balaban J connectivity index is 1.80. The van der Waals surface area contributed by atoms with Gasteiger partial charge in [0, 0.05) is 30.2 Å². The van der Waals surface area contributed by atoms with Crippen molar-refractivity contribution in [2.24, 2.45) is 5.41 Å². The van der Waals surface area contributed by atoms with Crippen LogP contribution in [-0.4, -0.2) is 22.1 Å². The smallest absolute Gasteiger partial charge is 0.329 e. The summed E-state index contributed by atoms with van der Waals surface area (Å²) in [5, 5.41) is 3.28. The average Bonchev–Trinajstić information content (AvgIpc) is 3.13. The Kier molecular flexibility index (Phi) is 3.96. The first-order valence-electron chi connectivity index (χ1n) is 10.1. The number of hydrogen-bond donors (Lipinski definition) is 2. The molecule has 3 aliphatic rings. The molecule has 0 bridgehead atoms. The van der Waals surface area contributed by atoms with Gasteiger partial charge in [-0.15, -0.1) is 0 Å². The van der Waals surface area contributed by atoms with E-state index in [0.717, 1.165) is 11.3 Å². The third-order valence-electron chi connectivity index (χ3n) is 6.05. The number of ether oxygens (including phenoxy) is 2. The summed E-state index contributed by atoms with van der Waals surface area (Å²) in [6, 6.07) is 5.47. The van der Waals surface area contributed by atoms with Gasteiger partial charge in [0.15, 0.2) is 17.3 Å². The van der Waals surface area contributed by atoms with Gasteiger partial charge in [-0.3, -0.25) is 19.1 Å². The van der Waals surface area contributed by atoms with E-state index in [1.165, 1.54) is 4.57 Å². The molecule has 0 saturated heterocycles. The number of H-pyrrole nitrogens is 1. The lowest BCUT2D eigenvalue weighted by atomic mass is 9.69. The molecule has 1 aliphatic carbocycles. The number of anilines is 1. The summed E-state index contributed by atoms with van der Waals surface area (Å²) in [7, 11) is 0. The number of aromatic nitrogens is 2. The predicted octanol–water partition coefficient (Wildman–Crippen LogP) is 2.49. The molecule has 156 valence electrons. The van der Waals surface area contributed by atoms with Crippen LogP contribution in [0.5, 0.6) is 11.5 Å². The van der Waals surface area contributed by atoms with Gasteiger partial charge in [-0.05, 0) is 36.5 Å². The zero-order valence-corrected chi connectivity index (χ0v) is 17.1. The van der Waals surface area contributed by atoms with Gasteiger partial charge in [-0.25, -0.2) is 4.79 Å². The fourth-order valence-electron chi connectivity index (χ4n) is 4.79. The SMILES string of the molecule is CCn1c2c(c(=O)[nH]c1=O)[C@H](c1ccc3c(c1)OCO3)C1=C(CC(C)(C)CC1=O)N2. The highest BCUT2D eigenvalue weighted by molar-refractivity contribution is 6.01.